The number of rotatable bonds is 3. The van der Waals surface area contributed by atoms with E-state index in [1.807, 2.05) is 0 Å². The van der Waals surface area contributed by atoms with Gasteiger partial charge in [-0.25, -0.2) is 9.97 Å². The highest BCUT2D eigenvalue weighted by Gasteiger charge is 2.07. The van der Waals surface area contributed by atoms with Gasteiger partial charge in [0.1, 0.15) is 5.82 Å². The third kappa shape index (κ3) is 3.61. The highest BCUT2D eigenvalue weighted by Crippen LogP contribution is 2.15. The van der Waals surface area contributed by atoms with Gasteiger partial charge in [-0.2, -0.15) is 0 Å². The van der Waals surface area contributed by atoms with Crippen molar-refractivity contribution in [3.05, 3.63) is 48.0 Å². The number of aromatic nitrogens is 2. The maximum atomic E-state index is 12.0. The van der Waals surface area contributed by atoms with Crippen LogP contribution in [-0.4, -0.2) is 21.8 Å². The number of anilines is 2. The predicted molar refractivity (Wildman–Crippen MR) is 75.5 cm³/mol. The zero-order chi connectivity index (χ0) is 14.5. The second-order valence-corrected chi connectivity index (χ2v) is 4.24. The molecule has 0 fully saturated rings. The van der Waals surface area contributed by atoms with Crippen molar-refractivity contribution in [2.45, 2.75) is 13.8 Å². The first kappa shape index (κ1) is 13.7. The lowest BCUT2D eigenvalue weighted by molar-refractivity contribution is -0.114. The Morgan fingerprint density at radius 1 is 1.05 bits per heavy atom. The highest BCUT2D eigenvalue weighted by molar-refractivity contribution is 6.04. The van der Waals surface area contributed by atoms with Crippen molar-refractivity contribution < 1.29 is 9.59 Å². The van der Waals surface area contributed by atoms with Crippen LogP contribution in [0.25, 0.3) is 0 Å². The number of benzene rings is 1. The van der Waals surface area contributed by atoms with E-state index >= 15 is 0 Å². The number of nitrogens with zero attached hydrogens (tertiary/aromatic N) is 2. The topological polar surface area (TPSA) is 84.0 Å². The fraction of sp³-hybridized carbons (Fsp3) is 0.143. The van der Waals surface area contributed by atoms with Crippen LogP contribution in [0.2, 0.25) is 0 Å². The summed E-state index contributed by atoms with van der Waals surface area (Å²) in [7, 11) is 0. The van der Waals surface area contributed by atoms with Gasteiger partial charge in [0.05, 0.1) is 5.56 Å². The van der Waals surface area contributed by atoms with Gasteiger partial charge < -0.3 is 10.6 Å². The molecule has 0 saturated carbocycles. The summed E-state index contributed by atoms with van der Waals surface area (Å²) in [4.78, 5) is 30.9. The summed E-state index contributed by atoms with van der Waals surface area (Å²) in [6.45, 7) is 3.17. The maximum absolute atomic E-state index is 12.0. The molecule has 0 aliphatic heterocycles. The molecule has 6 nitrogen and oxygen atoms in total. The van der Waals surface area contributed by atoms with Crippen molar-refractivity contribution in [3.63, 3.8) is 0 Å². The Labute approximate surface area is 116 Å². The number of carbonyl (C=O) groups is 2. The molecule has 0 aliphatic rings. The Balaban J connectivity index is 2.11. The average Bonchev–Trinajstić information content (AvgIpc) is 2.39. The minimum Gasteiger partial charge on any atom is -0.326 e. The summed E-state index contributed by atoms with van der Waals surface area (Å²) in [5, 5.41) is 5.37. The van der Waals surface area contributed by atoms with Crippen molar-refractivity contribution in [3.8, 4) is 0 Å². The minimum absolute atomic E-state index is 0.166. The third-order valence-electron chi connectivity index (χ3n) is 2.48. The number of nitrogens with one attached hydrogen (secondary N) is 2. The quantitative estimate of drug-likeness (QED) is 0.893. The SMILES string of the molecule is CC(=O)Nc1cccc(NC(=O)c2cnc(C)nc2)c1. The number of hydrogen-bond acceptors (Lipinski definition) is 4. The zero-order valence-corrected chi connectivity index (χ0v) is 11.2. The average molecular weight is 270 g/mol. The molecule has 2 N–H and O–H groups in total. The molecule has 2 rings (SSSR count). The van der Waals surface area contributed by atoms with E-state index in [0.717, 1.165) is 0 Å². The Bertz CT molecular complexity index is 638. The van der Waals surface area contributed by atoms with Crippen molar-refractivity contribution in [1.29, 1.82) is 0 Å². The van der Waals surface area contributed by atoms with Crippen molar-refractivity contribution in [2.75, 3.05) is 10.6 Å². The van der Waals surface area contributed by atoms with Gasteiger partial charge in [0, 0.05) is 30.7 Å². The molecule has 0 unspecified atom stereocenters. The predicted octanol–water partition coefficient (Wildman–Crippen LogP) is 2.00. The second kappa shape index (κ2) is 5.92. The summed E-state index contributed by atoms with van der Waals surface area (Å²) < 4.78 is 0. The van der Waals surface area contributed by atoms with E-state index in [4.69, 9.17) is 0 Å². The molecule has 6 heteroatoms. The van der Waals surface area contributed by atoms with E-state index in [1.165, 1.54) is 19.3 Å². The van der Waals surface area contributed by atoms with E-state index in [-0.39, 0.29) is 11.8 Å². The molecule has 0 bridgehead atoms. The van der Waals surface area contributed by atoms with Crippen molar-refractivity contribution in [1.82, 2.24) is 9.97 Å². The van der Waals surface area contributed by atoms with Gasteiger partial charge in [0.2, 0.25) is 5.91 Å². The molecule has 2 aromatic rings. The third-order valence-corrected chi connectivity index (χ3v) is 2.48. The van der Waals surface area contributed by atoms with E-state index < -0.39 is 0 Å². The molecule has 0 atom stereocenters. The monoisotopic (exact) mass is 270 g/mol. The number of hydrogen-bond donors (Lipinski definition) is 2. The minimum atomic E-state index is -0.301. The Morgan fingerprint density at radius 3 is 2.25 bits per heavy atom. The number of carbonyl (C=O) groups excluding carboxylic acids is 2. The van der Waals surface area contributed by atoms with E-state index in [1.54, 1.807) is 31.2 Å². The van der Waals surface area contributed by atoms with Gasteiger partial charge in [0.15, 0.2) is 0 Å². The zero-order valence-electron chi connectivity index (χ0n) is 11.2. The van der Waals surface area contributed by atoms with Gasteiger partial charge in [-0.3, -0.25) is 9.59 Å². The fourth-order valence-corrected chi connectivity index (χ4v) is 1.59. The van der Waals surface area contributed by atoms with Crippen LogP contribution in [0.1, 0.15) is 23.1 Å². The molecule has 2 amide bonds. The molecule has 0 aliphatic carbocycles. The largest absolute Gasteiger partial charge is 0.326 e. The number of amides is 2. The summed E-state index contributed by atoms with van der Waals surface area (Å²) in [5.74, 6) is 0.139. The van der Waals surface area contributed by atoms with Crippen molar-refractivity contribution >= 4 is 23.2 Å². The molecule has 0 spiro atoms. The smallest absolute Gasteiger partial charge is 0.258 e. The molecule has 102 valence electrons. The van der Waals surface area contributed by atoms with Gasteiger partial charge in [0.25, 0.3) is 5.91 Å². The summed E-state index contributed by atoms with van der Waals surface area (Å²) in [6.07, 6.45) is 2.94. The van der Waals surface area contributed by atoms with Crippen LogP contribution in [0.4, 0.5) is 11.4 Å². The number of aryl methyl sites for hydroxylation is 1. The standard InChI is InChI=1S/C14H14N4O2/c1-9-15-7-11(8-16-9)14(20)18-13-5-3-4-12(6-13)17-10(2)19/h3-8H,1-2H3,(H,17,19)(H,18,20). The van der Waals surface area contributed by atoms with Crippen LogP contribution in [0.15, 0.2) is 36.7 Å². The first-order valence-electron chi connectivity index (χ1n) is 6.02. The first-order valence-corrected chi connectivity index (χ1v) is 6.02. The summed E-state index contributed by atoms with van der Waals surface area (Å²) in [6, 6.07) is 6.89. The molecular formula is C14H14N4O2. The van der Waals surface area contributed by atoms with Crippen LogP contribution in [0.3, 0.4) is 0 Å². The molecule has 20 heavy (non-hydrogen) atoms. The van der Waals surface area contributed by atoms with Crippen LogP contribution in [0.5, 0.6) is 0 Å². The first-order chi connectivity index (χ1) is 9.54. The second-order valence-electron chi connectivity index (χ2n) is 4.24. The molecule has 1 aromatic heterocycles. The molecule has 1 heterocycles. The van der Waals surface area contributed by atoms with Crippen LogP contribution < -0.4 is 10.6 Å². The summed E-state index contributed by atoms with van der Waals surface area (Å²) >= 11 is 0. The van der Waals surface area contributed by atoms with E-state index in [0.29, 0.717) is 22.8 Å². The van der Waals surface area contributed by atoms with E-state index in [2.05, 4.69) is 20.6 Å². The van der Waals surface area contributed by atoms with Crippen molar-refractivity contribution in [2.24, 2.45) is 0 Å². The summed E-state index contributed by atoms with van der Waals surface area (Å²) in [5.41, 5.74) is 1.58. The van der Waals surface area contributed by atoms with Gasteiger partial charge in [-0.1, -0.05) is 6.07 Å². The van der Waals surface area contributed by atoms with E-state index in [9.17, 15) is 9.59 Å². The Morgan fingerprint density at radius 2 is 1.65 bits per heavy atom. The highest BCUT2D eigenvalue weighted by atomic mass is 16.2. The fourth-order valence-electron chi connectivity index (χ4n) is 1.59. The van der Waals surface area contributed by atoms with Gasteiger partial charge in [-0.15, -0.1) is 0 Å². The van der Waals surface area contributed by atoms with Gasteiger partial charge >= 0.3 is 0 Å². The lowest BCUT2D eigenvalue weighted by Gasteiger charge is -2.07. The Hall–Kier alpha value is -2.76. The molecule has 0 radical (unpaired) electrons. The molecule has 1 aromatic carbocycles. The lowest BCUT2D eigenvalue weighted by Crippen LogP contribution is -2.13. The lowest BCUT2D eigenvalue weighted by atomic mass is 10.2. The van der Waals surface area contributed by atoms with Crippen LogP contribution >= 0.6 is 0 Å². The molecular weight excluding hydrogens is 256 g/mol. The maximum Gasteiger partial charge on any atom is 0.258 e. The van der Waals surface area contributed by atoms with Gasteiger partial charge in [-0.05, 0) is 25.1 Å². The normalized spacial score (nSPS) is 9.90. The Kier molecular flexibility index (Phi) is 4.05. The molecule has 0 saturated heterocycles. The van der Waals surface area contributed by atoms with Crippen LogP contribution in [0, 0.1) is 6.92 Å². The van der Waals surface area contributed by atoms with Crippen LogP contribution in [-0.2, 0) is 4.79 Å².